The van der Waals surface area contributed by atoms with Crippen molar-refractivity contribution in [2.45, 2.75) is 37.7 Å². The zero-order chi connectivity index (χ0) is 19.2. The predicted octanol–water partition coefficient (Wildman–Crippen LogP) is 3.64. The van der Waals surface area contributed by atoms with E-state index in [9.17, 15) is 9.59 Å². The van der Waals surface area contributed by atoms with Crippen molar-refractivity contribution in [2.75, 3.05) is 7.11 Å². The Labute approximate surface area is 159 Å². The van der Waals surface area contributed by atoms with Gasteiger partial charge in [-0.05, 0) is 49.3 Å². The van der Waals surface area contributed by atoms with Crippen LogP contribution in [0.25, 0.3) is 5.57 Å². The van der Waals surface area contributed by atoms with Gasteiger partial charge in [-0.25, -0.2) is 4.79 Å². The van der Waals surface area contributed by atoms with Crippen molar-refractivity contribution in [2.24, 2.45) is 7.05 Å². The lowest BCUT2D eigenvalue weighted by atomic mass is 9.83. The molecule has 1 saturated carbocycles. The Morgan fingerprint density at radius 2 is 1.78 bits per heavy atom. The Kier molecular flexibility index (Phi) is 6.12. The summed E-state index contributed by atoms with van der Waals surface area (Å²) in [6, 6.07) is 13.9. The van der Waals surface area contributed by atoms with Gasteiger partial charge >= 0.3 is 5.97 Å². The topological polar surface area (TPSA) is 57.5 Å². The molecule has 1 aliphatic carbocycles. The molecule has 2 aromatic rings. The monoisotopic (exact) mass is 367 g/mol. The van der Waals surface area contributed by atoms with Crippen molar-refractivity contribution in [3.63, 3.8) is 0 Å². The third-order valence-electron chi connectivity index (χ3n) is 5.14. The number of aromatic nitrogens is 1. The quantitative estimate of drug-likeness (QED) is 0.460. The molecular weight excluding hydrogens is 342 g/mol. The molecule has 0 amide bonds. The molecule has 0 unspecified atom stereocenters. The van der Waals surface area contributed by atoms with E-state index in [0.29, 0.717) is 5.92 Å². The van der Waals surface area contributed by atoms with Crippen LogP contribution in [0.15, 0.2) is 59.7 Å². The number of esters is 1. The van der Waals surface area contributed by atoms with Crippen LogP contribution in [0.1, 0.15) is 42.7 Å². The van der Waals surface area contributed by atoms with Crippen LogP contribution in [-0.2, 0) is 21.3 Å². The maximum Gasteiger partial charge on any atom is 0.341 e. The average Bonchev–Trinajstić information content (AvgIpc) is 2.72. The van der Waals surface area contributed by atoms with Crippen LogP contribution in [0.3, 0.4) is 0 Å². The third kappa shape index (κ3) is 4.48. The Balaban J connectivity index is 1.70. The van der Waals surface area contributed by atoms with Crippen LogP contribution in [0.5, 0.6) is 0 Å². The first-order valence-corrected chi connectivity index (χ1v) is 9.25. The molecule has 142 valence electrons. The molecule has 0 bridgehead atoms. The maximum atomic E-state index is 12.3. The summed E-state index contributed by atoms with van der Waals surface area (Å²) in [5.74, 6) is -0.0206. The van der Waals surface area contributed by atoms with Crippen LogP contribution >= 0.6 is 0 Å². The second-order valence-corrected chi connectivity index (χ2v) is 6.88. The van der Waals surface area contributed by atoms with Gasteiger partial charge in [0.2, 0.25) is 0 Å². The highest BCUT2D eigenvalue weighted by Gasteiger charge is 2.24. The second-order valence-electron chi connectivity index (χ2n) is 6.88. The molecule has 0 spiro atoms. The van der Waals surface area contributed by atoms with Crippen LogP contribution in [0, 0.1) is 0 Å². The molecule has 0 N–H and O–H groups in total. The highest BCUT2D eigenvalue weighted by Crippen LogP contribution is 2.34. The van der Waals surface area contributed by atoms with Gasteiger partial charge in [0.25, 0.3) is 5.56 Å². The molecule has 27 heavy (non-hydrogen) atoms. The lowest BCUT2D eigenvalue weighted by molar-refractivity contribution is -0.133. The molecule has 0 radical (unpaired) electrons. The molecule has 1 aliphatic rings. The summed E-state index contributed by atoms with van der Waals surface area (Å²) < 4.78 is 12.2. The fourth-order valence-corrected chi connectivity index (χ4v) is 3.56. The fourth-order valence-electron chi connectivity index (χ4n) is 3.56. The number of methoxy groups -OCH3 is 1. The molecular formula is C22H25NO4. The number of carbonyl (C=O) groups excluding carboxylic acids is 1. The smallest absolute Gasteiger partial charge is 0.341 e. The number of nitrogens with zero attached hydrogens (tertiary/aromatic N) is 1. The van der Waals surface area contributed by atoms with E-state index in [4.69, 9.17) is 9.47 Å². The summed E-state index contributed by atoms with van der Waals surface area (Å²) in [7, 11) is 2.95. The maximum absolute atomic E-state index is 12.3. The van der Waals surface area contributed by atoms with Crippen LogP contribution in [-0.4, -0.2) is 23.8 Å². The zero-order valence-electron chi connectivity index (χ0n) is 15.8. The molecule has 0 atom stereocenters. The van der Waals surface area contributed by atoms with E-state index in [1.807, 2.05) is 6.07 Å². The average molecular weight is 367 g/mol. The number of hydrogen-bond acceptors (Lipinski definition) is 4. The first kappa shape index (κ1) is 19.0. The molecule has 1 aromatic carbocycles. The normalized spacial score (nSPS) is 20.1. The summed E-state index contributed by atoms with van der Waals surface area (Å²) in [6.07, 6.45) is 7.00. The second kappa shape index (κ2) is 8.71. The lowest BCUT2D eigenvalue weighted by Gasteiger charge is -2.28. The Morgan fingerprint density at radius 3 is 2.44 bits per heavy atom. The summed E-state index contributed by atoms with van der Waals surface area (Å²) in [4.78, 5) is 24.5. The molecule has 1 heterocycles. The molecule has 5 heteroatoms. The van der Waals surface area contributed by atoms with Crippen molar-refractivity contribution in [1.82, 2.24) is 4.57 Å². The van der Waals surface area contributed by atoms with Crippen LogP contribution in [0.2, 0.25) is 0 Å². The minimum Gasteiger partial charge on any atom is -0.497 e. The van der Waals surface area contributed by atoms with Gasteiger partial charge in [0.1, 0.15) is 5.57 Å². The van der Waals surface area contributed by atoms with Gasteiger partial charge < -0.3 is 14.0 Å². The fraction of sp³-hybridized carbons (Fsp3) is 0.364. The lowest BCUT2D eigenvalue weighted by Crippen LogP contribution is -2.23. The van der Waals surface area contributed by atoms with E-state index in [1.165, 1.54) is 23.5 Å². The number of rotatable bonds is 5. The summed E-state index contributed by atoms with van der Waals surface area (Å²) in [6.45, 7) is 0. The first-order valence-electron chi connectivity index (χ1n) is 9.25. The van der Waals surface area contributed by atoms with E-state index in [1.54, 1.807) is 25.4 Å². The predicted molar refractivity (Wildman–Crippen MR) is 104 cm³/mol. The van der Waals surface area contributed by atoms with E-state index in [0.717, 1.165) is 25.7 Å². The first-order chi connectivity index (χ1) is 13.1. The number of aryl methyl sites for hydroxylation is 1. The van der Waals surface area contributed by atoms with Crippen molar-refractivity contribution in [1.29, 1.82) is 0 Å². The van der Waals surface area contributed by atoms with Crippen molar-refractivity contribution < 1.29 is 14.3 Å². The van der Waals surface area contributed by atoms with Crippen LogP contribution in [0.4, 0.5) is 0 Å². The van der Waals surface area contributed by atoms with E-state index in [-0.39, 0.29) is 22.8 Å². The minimum atomic E-state index is -0.573. The number of hydrogen-bond donors (Lipinski definition) is 0. The largest absolute Gasteiger partial charge is 0.497 e. The zero-order valence-corrected chi connectivity index (χ0v) is 15.8. The minimum absolute atomic E-state index is 0.0391. The van der Waals surface area contributed by atoms with E-state index >= 15 is 0 Å². The van der Waals surface area contributed by atoms with E-state index in [2.05, 4.69) is 24.3 Å². The van der Waals surface area contributed by atoms with Gasteiger partial charge in [0, 0.05) is 13.2 Å². The van der Waals surface area contributed by atoms with Crippen molar-refractivity contribution in [3.8, 4) is 0 Å². The highest BCUT2D eigenvalue weighted by atomic mass is 16.5. The molecule has 0 aliphatic heterocycles. The third-order valence-corrected chi connectivity index (χ3v) is 5.14. The molecule has 3 rings (SSSR count). The Hall–Kier alpha value is -2.82. The molecule has 0 saturated heterocycles. The van der Waals surface area contributed by atoms with Gasteiger partial charge in [0.15, 0.2) is 0 Å². The number of benzene rings is 1. The van der Waals surface area contributed by atoms with Gasteiger partial charge in [-0.1, -0.05) is 30.3 Å². The van der Waals surface area contributed by atoms with Crippen LogP contribution < -0.4 is 5.56 Å². The molecule has 1 aromatic heterocycles. The number of pyridine rings is 1. The summed E-state index contributed by atoms with van der Waals surface area (Å²) >= 11 is 0. The Bertz CT molecular complexity index is 861. The molecule has 1 fully saturated rings. The van der Waals surface area contributed by atoms with Gasteiger partial charge in [0.05, 0.1) is 25.0 Å². The Morgan fingerprint density at radius 1 is 1.07 bits per heavy atom. The van der Waals surface area contributed by atoms with E-state index < -0.39 is 5.97 Å². The highest BCUT2D eigenvalue weighted by molar-refractivity contribution is 6.15. The summed E-state index contributed by atoms with van der Waals surface area (Å²) in [5.41, 5.74) is 1.55. The van der Waals surface area contributed by atoms with Gasteiger partial charge in [-0.3, -0.25) is 4.79 Å². The molecule has 5 nitrogen and oxygen atoms in total. The number of ether oxygens (including phenoxy) is 2. The summed E-state index contributed by atoms with van der Waals surface area (Å²) in [5, 5.41) is 0. The number of carbonyl (C=O) groups is 1. The van der Waals surface area contributed by atoms with Crippen molar-refractivity contribution in [3.05, 3.63) is 76.4 Å². The van der Waals surface area contributed by atoms with Gasteiger partial charge in [-0.15, -0.1) is 0 Å². The van der Waals surface area contributed by atoms with Crippen molar-refractivity contribution >= 4 is 11.5 Å². The SMILES string of the molecule is COC(=O)C(=COC1CCC(c2ccccc2)CC1)c1cccn(C)c1=O. The standard InChI is InChI=1S/C22H25NO4/c1-23-14-6-9-19(21(23)24)20(22(25)26-2)15-27-18-12-10-17(11-13-18)16-7-4-3-5-8-16/h3-9,14-15,17-18H,10-13H2,1-2H3. The van der Waals surface area contributed by atoms with Gasteiger partial charge in [-0.2, -0.15) is 0 Å².